The molecule has 5 rings (SSSR count). The molecule has 40 heavy (non-hydrogen) atoms. The number of methoxy groups -OCH3 is 1. The lowest BCUT2D eigenvalue weighted by Gasteiger charge is -2.31. The summed E-state index contributed by atoms with van der Waals surface area (Å²) in [6.45, 7) is 7.11. The summed E-state index contributed by atoms with van der Waals surface area (Å²) in [6, 6.07) is 9.55. The second-order valence-corrected chi connectivity index (χ2v) is 9.92. The van der Waals surface area contributed by atoms with Crippen molar-refractivity contribution in [2.45, 2.75) is 25.8 Å². The number of amides is 1. The third kappa shape index (κ3) is 5.73. The largest absolute Gasteiger partial charge is 0.507 e. The lowest BCUT2D eigenvalue weighted by molar-refractivity contribution is -0.140. The molecular formula is C30H36N2O8. The van der Waals surface area contributed by atoms with Gasteiger partial charge in [0.15, 0.2) is 23.0 Å². The average molecular weight is 553 g/mol. The third-order valence-corrected chi connectivity index (χ3v) is 7.38. The summed E-state index contributed by atoms with van der Waals surface area (Å²) in [5.74, 6) is 0.457. The van der Waals surface area contributed by atoms with Crippen molar-refractivity contribution in [1.82, 2.24) is 9.80 Å². The molecule has 10 nitrogen and oxygen atoms in total. The van der Waals surface area contributed by atoms with E-state index in [4.69, 9.17) is 23.7 Å². The van der Waals surface area contributed by atoms with Crippen LogP contribution in [0.15, 0.2) is 42.0 Å². The molecule has 0 aliphatic carbocycles. The Bertz CT molecular complexity index is 1270. The fourth-order valence-corrected chi connectivity index (χ4v) is 5.18. The van der Waals surface area contributed by atoms with E-state index in [-0.39, 0.29) is 11.3 Å². The molecule has 0 aromatic heterocycles. The highest BCUT2D eigenvalue weighted by molar-refractivity contribution is 6.46. The highest BCUT2D eigenvalue weighted by atomic mass is 16.6. The highest BCUT2D eigenvalue weighted by Crippen LogP contribution is 2.43. The number of unbranched alkanes of at least 4 members (excludes halogenated alkanes) is 1. The van der Waals surface area contributed by atoms with E-state index < -0.39 is 17.7 Å². The Hall–Kier alpha value is -3.76. The zero-order chi connectivity index (χ0) is 28.1. The predicted molar refractivity (Wildman–Crippen MR) is 147 cm³/mol. The Morgan fingerprint density at radius 1 is 0.975 bits per heavy atom. The molecule has 0 radical (unpaired) electrons. The summed E-state index contributed by atoms with van der Waals surface area (Å²) in [5.41, 5.74) is 1.03. The molecule has 1 amide bonds. The van der Waals surface area contributed by atoms with Crippen LogP contribution >= 0.6 is 0 Å². The first-order valence-corrected chi connectivity index (χ1v) is 13.8. The quantitative estimate of drug-likeness (QED) is 0.205. The minimum atomic E-state index is -0.812. The molecule has 214 valence electrons. The van der Waals surface area contributed by atoms with Gasteiger partial charge in [0.25, 0.3) is 11.7 Å². The SMILES string of the molecule is CCCCOc1ccc(C2/C(=C(/O)c3ccc4c(c3)OCCO4)C(=O)C(=O)N2CCN2CCOCC2)cc1OC. The van der Waals surface area contributed by atoms with Crippen molar-refractivity contribution in [1.29, 1.82) is 0 Å². The molecule has 3 aliphatic heterocycles. The molecule has 1 unspecified atom stereocenters. The van der Waals surface area contributed by atoms with Gasteiger partial charge in [-0.15, -0.1) is 0 Å². The number of hydrogen-bond acceptors (Lipinski definition) is 9. The molecule has 1 N–H and O–H groups in total. The first-order chi connectivity index (χ1) is 19.5. The molecule has 3 heterocycles. The third-order valence-electron chi connectivity index (χ3n) is 7.38. The van der Waals surface area contributed by atoms with Gasteiger partial charge >= 0.3 is 0 Å². The number of morpholine rings is 1. The first-order valence-electron chi connectivity index (χ1n) is 13.8. The monoisotopic (exact) mass is 552 g/mol. The molecule has 1 atom stereocenters. The molecule has 2 fully saturated rings. The molecule has 3 aliphatic rings. The maximum atomic E-state index is 13.5. The number of aliphatic hydroxyl groups is 1. The number of nitrogens with zero attached hydrogens (tertiary/aromatic N) is 2. The number of ether oxygens (including phenoxy) is 5. The van der Waals surface area contributed by atoms with Crippen LogP contribution in [-0.4, -0.2) is 92.9 Å². The average Bonchev–Trinajstić information content (AvgIpc) is 3.25. The minimum Gasteiger partial charge on any atom is -0.507 e. The number of rotatable bonds is 10. The van der Waals surface area contributed by atoms with Crippen LogP contribution in [0.2, 0.25) is 0 Å². The standard InChI is InChI=1S/C30H36N2O8/c1-3-4-13-38-22-7-5-20(18-24(22)36-2)27-26(28(33)21-6-8-23-25(19-21)40-17-16-39-23)29(34)30(35)32(27)10-9-31-11-14-37-15-12-31/h5-8,18-19,27,33H,3-4,9-17H2,1-2H3/b28-26-. The van der Waals surface area contributed by atoms with Gasteiger partial charge in [-0.05, 0) is 42.3 Å². The van der Waals surface area contributed by atoms with Gasteiger partial charge in [-0.3, -0.25) is 14.5 Å². The first kappa shape index (κ1) is 27.8. The van der Waals surface area contributed by atoms with Crippen molar-refractivity contribution in [2.24, 2.45) is 0 Å². The Balaban J connectivity index is 1.54. The van der Waals surface area contributed by atoms with E-state index in [1.165, 1.54) is 4.90 Å². The number of aliphatic hydroxyl groups excluding tert-OH is 1. The number of ketones is 1. The minimum absolute atomic E-state index is 0.0189. The molecule has 2 saturated heterocycles. The molecule has 0 bridgehead atoms. The normalized spacial score (nSPS) is 20.6. The summed E-state index contributed by atoms with van der Waals surface area (Å²) in [7, 11) is 1.55. The highest BCUT2D eigenvalue weighted by Gasteiger charge is 2.46. The molecular weight excluding hydrogens is 516 g/mol. The maximum absolute atomic E-state index is 13.5. The van der Waals surface area contributed by atoms with E-state index in [2.05, 4.69) is 11.8 Å². The van der Waals surface area contributed by atoms with Gasteiger partial charge in [-0.25, -0.2) is 0 Å². The number of carbonyl (C=O) groups excluding carboxylic acids is 2. The van der Waals surface area contributed by atoms with E-state index in [1.54, 1.807) is 37.4 Å². The summed E-state index contributed by atoms with van der Waals surface area (Å²) in [4.78, 5) is 30.7. The molecule has 2 aromatic carbocycles. The number of fused-ring (bicyclic) bond motifs is 1. The zero-order valence-electron chi connectivity index (χ0n) is 23.0. The van der Waals surface area contributed by atoms with Crippen molar-refractivity contribution in [3.63, 3.8) is 0 Å². The van der Waals surface area contributed by atoms with Crippen LogP contribution in [0.1, 0.15) is 36.9 Å². The fraction of sp³-hybridized carbons (Fsp3) is 0.467. The Labute approximate surface area is 234 Å². The van der Waals surface area contributed by atoms with Gasteiger partial charge in [0.1, 0.15) is 19.0 Å². The molecule has 2 aromatic rings. The summed E-state index contributed by atoms with van der Waals surface area (Å²) in [6.07, 6.45) is 1.90. The van der Waals surface area contributed by atoms with Gasteiger partial charge in [0.2, 0.25) is 0 Å². The van der Waals surface area contributed by atoms with E-state index in [9.17, 15) is 14.7 Å². The van der Waals surface area contributed by atoms with E-state index in [0.717, 1.165) is 25.9 Å². The predicted octanol–water partition coefficient (Wildman–Crippen LogP) is 3.40. The van der Waals surface area contributed by atoms with Gasteiger partial charge in [0.05, 0.1) is 38.5 Å². The topological polar surface area (TPSA) is 107 Å². The van der Waals surface area contributed by atoms with Crippen LogP contribution in [0, 0.1) is 0 Å². The second-order valence-electron chi connectivity index (χ2n) is 9.92. The number of benzene rings is 2. The van der Waals surface area contributed by atoms with Crippen LogP contribution in [0.3, 0.4) is 0 Å². The van der Waals surface area contributed by atoms with Crippen molar-refractivity contribution in [3.05, 3.63) is 53.1 Å². The summed E-state index contributed by atoms with van der Waals surface area (Å²) < 4.78 is 28.2. The number of likely N-dealkylation sites (tertiary alicyclic amines) is 1. The summed E-state index contributed by atoms with van der Waals surface area (Å²) >= 11 is 0. The van der Waals surface area contributed by atoms with Crippen molar-refractivity contribution < 1.29 is 38.4 Å². The van der Waals surface area contributed by atoms with Crippen LogP contribution in [0.25, 0.3) is 5.76 Å². The van der Waals surface area contributed by atoms with Crippen LogP contribution < -0.4 is 18.9 Å². The smallest absolute Gasteiger partial charge is 0.295 e. The second kappa shape index (κ2) is 12.6. The van der Waals surface area contributed by atoms with Crippen LogP contribution in [0.5, 0.6) is 23.0 Å². The van der Waals surface area contributed by atoms with Gasteiger partial charge in [-0.2, -0.15) is 0 Å². The van der Waals surface area contributed by atoms with Crippen LogP contribution in [0.4, 0.5) is 0 Å². The van der Waals surface area contributed by atoms with Gasteiger partial charge < -0.3 is 33.7 Å². The number of carbonyl (C=O) groups is 2. The van der Waals surface area contributed by atoms with Gasteiger partial charge in [0, 0.05) is 31.7 Å². The van der Waals surface area contributed by atoms with E-state index in [1.807, 2.05) is 6.07 Å². The van der Waals surface area contributed by atoms with Crippen LogP contribution in [-0.2, 0) is 14.3 Å². The Kier molecular flexibility index (Phi) is 8.76. The Morgan fingerprint density at radius 2 is 1.75 bits per heavy atom. The molecule has 10 heteroatoms. The fourth-order valence-electron chi connectivity index (χ4n) is 5.18. The van der Waals surface area contributed by atoms with Crippen molar-refractivity contribution in [3.8, 4) is 23.0 Å². The molecule has 0 spiro atoms. The van der Waals surface area contributed by atoms with E-state index >= 15 is 0 Å². The number of Topliss-reactive ketones (excluding diaryl/α,β-unsaturated/α-hetero) is 1. The Morgan fingerprint density at radius 3 is 2.50 bits per heavy atom. The van der Waals surface area contributed by atoms with Crippen molar-refractivity contribution in [2.75, 3.05) is 66.3 Å². The van der Waals surface area contributed by atoms with E-state index in [0.29, 0.717) is 80.2 Å². The maximum Gasteiger partial charge on any atom is 0.295 e. The lowest BCUT2D eigenvalue weighted by Crippen LogP contribution is -2.42. The number of hydrogen-bond donors (Lipinski definition) is 1. The molecule has 0 saturated carbocycles. The zero-order valence-corrected chi connectivity index (χ0v) is 23.0. The summed E-state index contributed by atoms with van der Waals surface area (Å²) in [5, 5.41) is 11.5. The van der Waals surface area contributed by atoms with Crippen molar-refractivity contribution >= 4 is 17.4 Å². The lowest BCUT2D eigenvalue weighted by atomic mass is 9.94. The van der Waals surface area contributed by atoms with Gasteiger partial charge in [-0.1, -0.05) is 19.4 Å².